The van der Waals surface area contributed by atoms with Gasteiger partial charge in [0.25, 0.3) is 0 Å². The molecule has 2 unspecified atom stereocenters. The topological polar surface area (TPSA) is 193 Å². The summed E-state index contributed by atoms with van der Waals surface area (Å²) in [6.07, 6.45) is -0.722. The lowest BCUT2D eigenvalue weighted by molar-refractivity contribution is -0.160. The Kier molecular flexibility index (Phi) is 17.6. The van der Waals surface area contributed by atoms with Crippen molar-refractivity contribution in [2.75, 3.05) is 46.6 Å². The van der Waals surface area contributed by atoms with Crippen molar-refractivity contribution in [2.24, 2.45) is 0 Å². The Morgan fingerprint density at radius 2 is 1.57 bits per heavy atom. The van der Waals surface area contributed by atoms with E-state index in [-0.39, 0.29) is 76.8 Å². The summed E-state index contributed by atoms with van der Waals surface area (Å²) in [5.41, 5.74) is 0. The molecule has 0 radical (unpaired) electrons. The van der Waals surface area contributed by atoms with E-state index < -0.39 is 38.4 Å². The van der Waals surface area contributed by atoms with Crippen molar-refractivity contribution in [3.8, 4) is 0 Å². The predicted octanol–water partition coefficient (Wildman–Crippen LogP) is 0.0132. The molecule has 0 spiro atoms. The summed E-state index contributed by atoms with van der Waals surface area (Å²) < 4.78 is 36.4. The van der Waals surface area contributed by atoms with Crippen molar-refractivity contribution in [3.63, 3.8) is 0 Å². The number of hydrogen-bond acceptors (Lipinski definition) is 11. The Morgan fingerprint density at radius 1 is 0.886 bits per heavy atom. The molecule has 0 aromatic heterocycles. The maximum absolute atomic E-state index is 12.0. The van der Waals surface area contributed by atoms with Crippen LogP contribution in [0.4, 0.5) is 0 Å². The van der Waals surface area contributed by atoms with Gasteiger partial charge in [0.05, 0.1) is 19.8 Å². The Labute approximate surface area is 203 Å². The molecule has 0 saturated carbocycles. The fraction of sp³-hybridized carbons (Fsp3) is 0.750. The molecule has 2 amide bonds. The van der Waals surface area contributed by atoms with Crippen molar-refractivity contribution < 1.29 is 56.7 Å². The maximum Gasteiger partial charge on any atom is 0.472 e. The van der Waals surface area contributed by atoms with E-state index in [0.29, 0.717) is 0 Å². The summed E-state index contributed by atoms with van der Waals surface area (Å²) in [6, 6.07) is 0. The highest BCUT2D eigenvalue weighted by molar-refractivity contribution is 7.47. The van der Waals surface area contributed by atoms with Crippen LogP contribution in [0, 0.1) is 0 Å². The second-order valence-electron chi connectivity index (χ2n) is 6.96. The molecule has 0 aliphatic carbocycles. The summed E-state index contributed by atoms with van der Waals surface area (Å²) in [6.45, 7) is 1.38. The summed E-state index contributed by atoms with van der Waals surface area (Å²) in [5, 5.41) is 4.79. The van der Waals surface area contributed by atoms with Gasteiger partial charge in [-0.2, -0.15) is 0 Å². The standard InChI is InChI=1S/C20H35N2O12P/c1-4-19(26)31-12-16(34-20(27)5-2)13-33-35(28,29)32-11-9-22-18(25)14-30-10-8-15(23)6-7-17(24)21-3/h16H,4-14H2,1-3H3,(H,21,24)(H,22,25)(H,28,29). The quantitative estimate of drug-likeness (QED) is 0.109. The monoisotopic (exact) mass is 526 g/mol. The molecule has 2 atom stereocenters. The lowest BCUT2D eigenvalue weighted by Gasteiger charge is -2.19. The third-order valence-electron chi connectivity index (χ3n) is 4.08. The van der Waals surface area contributed by atoms with E-state index in [0.717, 1.165) is 0 Å². The molecule has 35 heavy (non-hydrogen) atoms. The minimum Gasteiger partial charge on any atom is -0.462 e. The molecule has 0 aliphatic heterocycles. The van der Waals surface area contributed by atoms with Gasteiger partial charge in [-0.25, -0.2) is 4.57 Å². The number of ketones is 1. The van der Waals surface area contributed by atoms with E-state index in [1.807, 2.05) is 0 Å². The minimum absolute atomic E-state index is 0.00746. The van der Waals surface area contributed by atoms with Crippen LogP contribution in [0.2, 0.25) is 0 Å². The van der Waals surface area contributed by atoms with Crippen molar-refractivity contribution >= 4 is 37.4 Å². The first kappa shape index (κ1) is 32.6. The lowest BCUT2D eigenvalue weighted by Crippen LogP contribution is -2.31. The minimum atomic E-state index is -4.55. The molecule has 0 bridgehead atoms. The fourth-order valence-electron chi connectivity index (χ4n) is 2.14. The number of carbonyl (C=O) groups is 5. The van der Waals surface area contributed by atoms with Gasteiger partial charge < -0.3 is 29.7 Å². The Hall–Kier alpha value is -2.38. The number of phosphoric ester groups is 1. The third-order valence-corrected chi connectivity index (χ3v) is 5.06. The second kappa shape index (κ2) is 18.9. The zero-order valence-corrected chi connectivity index (χ0v) is 21.1. The van der Waals surface area contributed by atoms with Crippen molar-refractivity contribution in [3.05, 3.63) is 0 Å². The number of carbonyl (C=O) groups excluding carboxylic acids is 5. The smallest absolute Gasteiger partial charge is 0.462 e. The first-order chi connectivity index (χ1) is 16.5. The lowest BCUT2D eigenvalue weighted by atomic mass is 10.2. The summed E-state index contributed by atoms with van der Waals surface area (Å²) in [5.74, 6) is -2.10. The molecule has 15 heteroatoms. The molecule has 0 heterocycles. The number of ether oxygens (including phenoxy) is 3. The number of rotatable bonds is 20. The van der Waals surface area contributed by atoms with Crippen LogP contribution in [0.3, 0.4) is 0 Å². The Bertz CT molecular complexity index is 746. The number of amides is 2. The Morgan fingerprint density at radius 3 is 2.20 bits per heavy atom. The first-order valence-electron chi connectivity index (χ1n) is 11.1. The van der Waals surface area contributed by atoms with E-state index in [9.17, 15) is 33.4 Å². The van der Waals surface area contributed by atoms with Crippen LogP contribution in [0.15, 0.2) is 0 Å². The Balaban J connectivity index is 4.13. The van der Waals surface area contributed by atoms with Crippen LogP contribution in [-0.4, -0.2) is 87.2 Å². The van der Waals surface area contributed by atoms with Gasteiger partial charge in [-0.15, -0.1) is 0 Å². The molecule has 0 aromatic carbocycles. The fourth-order valence-corrected chi connectivity index (χ4v) is 2.90. The zero-order chi connectivity index (χ0) is 26.7. The van der Waals surface area contributed by atoms with Gasteiger partial charge in [-0.05, 0) is 0 Å². The third kappa shape index (κ3) is 18.6. The second-order valence-corrected chi connectivity index (χ2v) is 8.42. The van der Waals surface area contributed by atoms with Gasteiger partial charge in [-0.3, -0.25) is 33.0 Å². The van der Waals surface area contributed by atoms with Gasteiger partial charge in [0.15, 0.2) is 6.10 Å². The molecule has 14 nitrogen and oxygen atoms in total. The first-order valence-corrected chi connectivity index (χ1v) is 12.6. The normalized spacial score (nSPS) is 13.3. The van der Waals surface area contributed by atoms with Crippen molar-refractivity contribution in [1.82, 2.24) is 10.6 Å². The summed E-state index contributed by atoms with van der Waals surface area (Å²) >= 11 is 0. The van der Waals surface area contributed by atoms with Crippen molar-refractivity contribution in [2.45, 2.75) is 52.1 Å². The van der Waals surface area contributed by atoms with Gasteiger partial charge in [0.2, 0.25) is 11.8 Å². The number of nitrogens with one attached hydrogen (secondary N) is 2. The molecule has 0 fully saturated rings. The van der Waals surface area contributed by atoms with E-state index in [4.69, 9.17) is 23.3 Å². The molecule has 202 valence electrons. The highest BCUT2D eigenvalue weighted by Gasteiger charge is 2.25. The van der Waals surface area contributed by atoms with Crippen LogP contribution >= 0.6 is 7.82 Å². The molecule has 0 aromatic rings. The molecular formula is C20H35N2O12P. The number of hydrogen-bond donors (Lipinski definition) is 3. The van der Waals surface area contributed by atoms with E-state index in [1.54, 1.807) is 13.8 Å². The van der Waals surface area contributed by atoms with Gasteiger partial charge >= 0.3 is 19.8 Å². The molecule has 0 aliphatic rings. The van der Waals surface area contributed by atoms with Crippen LogP contribution < -0.4 is 10.6 Å². The summed E-state index contributed by atoms with van der Waals surface area (Å²) in [4.78, 5) is 66.8. The largest absolute Gasteiger partial charge is 0.472 e. The zero-order valence-electron chi connectivity index (χ0n) is 20.2. The summed E-state index contributed by atoms with van der Waals surface area (Å²) in [7, 11) is -3.07. The number of esters is 2. The van der Waals surface area contributed by atoms with Gasteiger partial charge in [-0.1, -0.05) is 13.8 Å². The van der Waals surface area contributed by atoms with E-state index in [2.05, 4.69) is 10.6 Å². The number of phosphoric acid groups is 1. The van der Waals surface area contributed by atoms with Crippen LogP contribution in [0.1, 0.15) is 46.0 Å². The van der Waals surface area contributed by atoms with Crippen LogP contribution in [-0.2, 0) is 51.8 Å². The van der Waals surface area contributed by atoms with Gasteiger partial charge in [0, 0.05) is 45.7 Å². The SMILES string of the molecule is CCC(=O)OCC(COP(=O)(O)OCCNC(=O)COCCC(=O)CCC(=O)NC)OC(=O)CC. The van der Waals surface area contributed by atoms with Crippen LogP contribution in [0.25, 0.3) is 0 Å². The maximum atomic E-state index is 12.0. The van der Waals surface area contributed by atoms with Gasteiger partial charge in [0.1, 0.15) is 19.0 Å². The van der Waals surface area contributed by atoms with E-state index >= 15 is 0 Å². The molecule has 3 N–H and O–H groups in total. The molecular weight excluding hydrogens is 491 g/mol. The average molecular weight is 526 g/mol. The van der Waals surface area contributed by atoms with Crippen molar-refractivity contribution in [1.29, 1.82) is 0 Å². The predicted molar refractivity (Wildman–Crippen MR) is 120 cm³/mol. The number of Topliss-reactive ketones (excluding diaryl/α,β-unsaturated/α-hetero) is 1. The molecule has 0 saturated heterocycles. The highest BCUT2D eigenvalue weighted by Crippen LogP contribution is 2.43. The van der Waals surface area contributed by atoms with E-state index in [1.165, 1.54) is 7.05 Å². The van der Waals surface area contributed by atoms with Crippen LogP contribution in [0.5, 0.6) is 0 Å². The molecule has 0 rings (SSSR count). The highest BCUT2D eigenvalue weighted by atomic mass is 31.2. The average Bonchev–Trinajstić information content (AvgIpc) is 2.84.